The molecule has 2 rings (SSSR count). The summed E-state index contributed by atoms with van der Waals surface area (Å²) >= 11 is 0. The summed E-state index contributed by atoms with van der Waals surface area (Å²) in [4.78, 5) is 0. The predicted molar refractivity (Wildman–Crippen MR) is 42.1 cm³/mol. The van der Waals surface area contributed by atoms with Gasteiger partial charge in [-0.05, 0) is 37.0 Å². The van der Waals surface area contributed by atoms with E-state index in [0.717, 1.165) is 12.8 Å². The quantitative estimate of drug-likeness (QED) is 0.598. The van der Waals surface area contributed by atoms with Gasteiger partial charge in [0.15, 0.2) is 0 Å². The highest BCUT2D eigenvalue weighted by atomic mass is 16.3. The van der Waals surface area contributed by atoms with E-state index in [1.54, 1.807) is 18.2 Å². The first-order chi connectivity index (χ1) is 5.21. The van der Waals surface area contributed by atoms with E-state index in [1.807, 2.05) is 0 Å². The zero-order chi connectivity index (χ0) is 7.90. The van der Waals surface area contributed by atoms with Crippen molar-refractivity contribution < 1.29 is 10.2 Å². The predicted octanol–water partition coefficient (Wildman–Crippen LogP) is 1.53. The number of hydrogen-bond donors (Lipinski definition) is 2. The number of aliphatic hydroxyl groups is 2. The molecule has 2 aliphatic rings. The Balaban J connectivity index is 2.13. The molecule has 0 spiro atoms. The largest absolute Gasteiger partial charge is 0.508 e. The van der Waals surface area contributed by atoms with Gasteiger partial charge in [-0.15, -0.1) is 0 Å². The van der Waals surface area contributed by atoms with Crippen LogP contribution < -0.4 is 0 Å². The first-order valence-electron chi connectivity index (χ1n) is 4.01. The number of hydrogen-bond acceptors (Lipinski definition) is 2. The minimum Gasteiger partial charge on any atom is -0.508 e. The van der Waals surface area contributed by atoms with Crippen LogP contribution >= 0.6 is 0 Å². The summed E-state index contributed by atoms with van der Waals surface area (Å²) in [6, 6.07) is 0. The molecule has 0 aromatic heterocycles. The van der Waals surface area contributed by atoms with Gasteiger partial charge in [0.2, 0.25) is 0 Å². The van der Waals surface area contributed by atoms with Crippen LogP contribution in [-0.2, 0) is 0 Å². The van der Waals surface area contributed by atoms with Crippen LogP contribution in [0.4, 0.5) is 0 Å². The molecular weight excluding hydrogens is 140 g/mol. The molecule has 2 nitrogen and oxygen atoms in total. The molecule has 1 atom stereocenters. The van der Waals surface area contributed by atoms with E-state index in [4.69, 9.17) is 5.11 Å². The summed E-state index contributed by atoms with van der Waals surface area (Å²) in [6.45, 7) is 0. The second kappa shape index (κ2) is 2.11. The van der Waals surface area contributed by atoms with Gasteiger partial charge < -0.3 is 10.2 Å². The fourth-order valence-electron chi connectivity index (χ4n) is 1.52. The van der Waals surface area contributed by atoms with Gasteiger partial charge in [-0.1, -0.05) is 0 Å². The summed E-state index contributed by atoms with van der Waals surface area (Å²) in [6.07, 6.45) is 7.80. The molecule has 0 aromatic carbocycles. The van der Waals surface area contributed by atoms with Crippen molar-refractivity contribution in [3.05, 3.63) is 24.0 Å². The van der Waals surface area contributed by atoms with E-state index in [1.165, 1.54) is 0 Å². The first-order valence-corrected chi connectivity index (χ1v) is 4.01. The number of aliphatic hydroxyl groups excluding tert-OH is 1. The van der Waals surface area contributed by atoms with Crippen molar-refractivity contribution in [1.29, 1.82) is 0 Å². The van der Waals surface area contributed by atoms with Crippen molar-refractivity contribution in [2.24, 2.45) is 5.92 Å². The highest BCUT2D eigenvalue weighted by molar-refractivity contribution is 5.24. The third kappa shape index (κ3) is 1.18. The van der Waals surface area contributed by atoms with Crippen molar-refractivity contribution in [2.75, 3.05) is 0 Å². The van der Waals surface area contributed by atoms with Crippen molar-refractivity contribution in [3.8, 4) is 0 Å². The zero-order valence-electron chi connectivity index (χ0n) is 6.33. The minimum atomic E-state index is -0.647. The van der Waals surface area contributed by atoms with E-state index in [0.29, 0.717) is 12.3 Å². The summed E-state index contributed by atoms with van der Waals surface area (Å²) in [5.74, 6) is 0.707. The number of allylic oxidation sites excluding steroid dienone is 1. The molecule has 1 unspecified atom stereocenters. The van der Waals surface area contributed by atoms with Crippen LogP contribution in [0.5, 0.6) is 0 Å². The SMILES string of the molecule is OC1=CCC(O)(C2CC2)C=C1. The molecule has 60 valence electrons. The average Bonchev–Trinajstić information content (AvgIpc) is 2.77. The molecule has 11 heavy (non-hydrogen) atoms. The van der Waals surface area contributed by atoms with Gasteiger partial charge in [0.1, 0.15) is 5.76 Å². The van der Waals surface area contributed by atoms with E-state index >= 15 is 0 Å². The maximum atomic E-state index is 9.89. The molecule has 0 bridgehead atoms. The van der Waals surface area contributed by atoms with Crippen molar-refractivity contribution in [1.82, 2.24) is 0 Å². The van der Waals surface area contributed by atoms with Gasteiger partial charge in [0.25, 0.3) is 0 Å². The van der Waals surface area contributed by atoms with Crippen LogP contribution in [0.3, 0.4) is 0 Å². The standard InChI is InChI=1S/C9H12O2/c10-8-3-5-9(11,6-4-8)7-1-2-7/h3-5,7,10-11H,1-2,6H2. The lowest BCUT2D eigenvalue weighted by Gasteiger charge is -2.25. The second-order valence-corrected chi connectivity index (χ2v) is 3.43. The van der Waals surface area contributed by atoms with Crippen LogP contribution in [0.1, 0.15) is 19.3 Å². The highest BCUT2D eigenvalue weighted by Gasteiger charge is 2.41. The monoisotopic (exact) mass is 152 g/mol. The minimum absolute atomic E-state index is 0.273. The van der Waals surface area contributed by atoms with Crippen molar-refractivity contribution in [3.63, 3.8) is 0 Å². The fourth-order valence-corrected chi connectivity index (χ4v) is 1.52. The summed E-state index contributed by atoms with van der Waals surface area (Å²) in [7, 11) is 0. The van der Waals surface area contributed by atoms with E-state index in [2.05, 4.69) is 0 Å². The lowest BCUT2D eigenvalue weighted by atomic mass is 9.90. The smallest absolute Gasteiger partial charge is 0.111 e. The Bertz CT molecular complexity index is 226. The molecule has 0 amide bonds. The Labute approximate surface area is 65.9 Å². The van der Waals surface area contributed by atoms with Gasteiger partial charge in [0.05, 0.1) is 5.60 Å². The summed E-state index contributed by atoms with van der Waals surface area (Å²) in [5, 5.41) is 18.9. The van der Waals surface area contributed by atoms with Crippen LogP contribution in [0.15, 0.2) is 24.0 Å². The van der Waals surface area contributed by atoms with Gasteiger partial charge >= 0.3 is 0 Å². The summed E-state index contributed by atoms with van der Waals surface area (Å²) in [5.41, 5.74) is -0.647. The van der Waals surface area contributed by atoms with Crippen molar-refractivity contribution >= 4 is 0 Å². The lowest BCUT2D eigenvalue weighted by Crippen LogP contribution is -2.29. The van der Waals surface area contributed by atoms with E-state index in [-0.39, 0.29) is 5.76 Å². The molecule has 0 aliphatic heterocycles. The highest BCUT2D eigenvalue weighted by Crippen LogP contribution is 2.43. The Morgan fingerprint density at radius 2 is 2.18 bits per heavy atom. The molecule has 0 heterocycles. The first kappa shape index (κ1) is 6.92. The van der Waals surface area contributed by atoms with E-state index in [9.17, 15) is 5.11 Å². The van der Waals surface area contributed by atoms with Crippen molar-refractivity contribution in [2.45, 2.75) is 24.9 Å². The molecule has 0 radical (unpaired) electrons. The molecule has 2 aliphatic carbocycles. The Hall–Kier alpha value is -0.760. The van der Waals surface area contributed by atoms with Gasteiger partial charge in [-0.3, -0.25) is 0 Å². The lowest BCUT2D eigenvalue weighted by molar-refractivity contribution is 0.0675. The maximum Gasteiger partial charge on any atom is 0.111 e. The molecule has 0 saturated heterocycles. The van der Waals surface area contributed by atoms with Crippen LogP contribution in [0.2, 0.25) is 0 Å². The Morgan fingerprint density at radius 3 is 2.64 bits per heavy atom. The topological polar surface area (TPSA) is 40.5 Å². The summed E-state index contributed by atoms with van der Waals surface area (Å²) < 4.78 is 0. The Kier molecular flexibility index (Phi) is 1.33. The Morgan fingerprint density at radius 1 is 1.45 bits per heavy atom. The number of rotatable bonds is 1. The molecule has 2 N–H and O–H groups in total. The maximum absolute atomic E-state index is 9.89. The van der Waals surface area contributed by atoms with Gasteiger partial charge in [0, 0.05) is 6.42 Å². The molecular formula is C9H12O2. The molecule has 1 fully saturated rings. The van der Waals surface area contributed by atoms with Gasteiger partial charge in [-0.25, -0.2) is 0 Å². The van der Waals surface area contributed by atoms with Gasteiger partial charge in [-0.2, -0.15) is 0 Å². The molecule has 2 heteroatoms. The van der Waals surface area contributed by atoms with Crippen LogP contribution in [0, 0.1) is 5.92 Å². The third-order valence-corrected chi connectivity index (χ3v) is 2.47. The second-order valence-electron chi connectivity index (χ2n) is 3.43. The molecule has 0 aromatic rings. The fraction of sp³-hybridized carbons (Fsp3) is 0.556. The third-order valence-electron chi connectivity index (χ3n) is 2.47. The average molecular weight is 152 g/mol. The van der Waals surface area contributed by atoms with Crippen LogP contribution in [0.25, 0.3) is 0 Å². The van der Waals surface area contributed by atoms with E-state index < -0.39 is 5.60 Å². The zero-order valence-corrected chi connectivity index (χ0v) is 6.33. The van der Waals surface area contributed by atoms with Crippen LogP contribution in [-0.4, -0.2) is 15.8 Å². The normalized spacial score (nSPS) is 37.0. The molecule has 1 saturated carbocycles.